The van der Waals surface area contributed by atoms with E-state index in [1.165, 1.54) is 7.11 Å². The lowest BCUT2D eigenvalue weighted by Gasteiger charge is -2.23. The van der Waals surface area contributed by atoms with Gasteiger partial charge in [0.25, 0.3) is 5.91 Å². The SMILES string of the molecule is COC(=O)C1(Cc2ccccc2)CC(CNC(=O)c2cccc(-c3ccccn3)c2)=NO1. The number of aromatic nitrogens is 1. The van der Waals surface area contributed by atoms with E-state index in [2.05, 4.69) is 15.5 Å². The van der Waals surface area contributed by atoms with E-state index < -0.39 is 11.6 Å². The molecule has 7 nitrogen and oxygen atoms in total. The number of oxime groups is 1. The minimum atomic E-state index is -1.23. The van der Waals surface area contributed by atoms with Gasteiger partial charge in [-0.3, -0.25) is 9.78 Å². The fourth-order valence-electron chi connectivity index (χ4n) is 3.67. The number of amides is 1. The van der Waals surface area contributed by atoms with Gasteiger partial charge in [0.15, 0.2) is 0 Å². The van der Waals surface area contributed by atoms with Crippen molar-refractivity contribution in [2.45, 2.75) is 18.4 Å². The molecule has 0 saturated heterocycles. The van der Waals surface area contributed by atoms with Crippen molar-refractivity contribution in [3.63, 3.8) is 0 Å². The molecule has 1 N–H and O–H groups in total. The Labute approximate surface area is 186 Å². The van der Waals surface area contributed by atoms with Crippen LogP contribution in [0, 0.1) is 0 Å². The van der Waals surface area contributed by atoms with Crippen LogP contribution < -0.4 is 5.32 Å². The predicted molar refractivity (Wildman–Crippen MR) is 120 cm³/mol. The fraction of sp³-hybridized carbons (Fsp3) is 0.200. The number of hydrogen-bond acceptors (Lipinski definition) is 6. The summed E-state index contributed by atoms with van der Waals surface area (Å²) in [6.07, 6.45) is 2.28. The van der Waals surface area contributed by atoms with Crippen LogP contribution in [0.15, 0.2) is 84.1 Å². The molecule has 2 heterocycles. The summed E-state index contributed by atoms with van der Waals surface area (Å²) < 4.78 is 4.98. The Hall–Kier alpha value is -4.00. The quantitative estimate of drug-likeness (QED) is 0.582. The van der Waals surface area contributed by atoms with Crippen molar-refractivity contribution in [1.29, 1.82) is 0 Å². The van der Waals surface area contributed by atoms with Crippen LogP contribution in [-0.2, 0) is 20.8 Å². The summed E-state index contributed by atoms with van der Waals surface area (Å²) >= 11 is 0. The smallest absolute Gasteiger partial charge is 0.353 e. The number of carbonyl (C=O) groups is 2. The number of pyridine rings is 1. The van der Waals surface area contributed by atoms with Crippen molar-refractivity contribution in [2.75, 3.05) is 13.7 Å². The molecule has 1 aliphatic rings. The van der Waals surface area contributed by atoms with Gasteiger partial charge in [0, 0.05) is 30.2 Å². The van der Waals surface area contributed by atoms with Crippen molar-refractivity contribution < 1.29 is 19.2 Å². The maximum Gasteiger partial charge on any atom is 0.353 e. The maximum atomic E-state index is 12.7. The molecule has 1 unspecified atom stereocenters. The van der Waals surface area contributed by atoms with E-state index in [1.807, 2.05) is 60.7 Å². The first-order chi connectivity index (χ1) is 15.6. The molecule has 0 fully saturated rings. The van der Waals surface area contributed by atoms with E-state index in [1.54, 1.807) is 18.3 Å². The molecule has 4 rings (SSSR count). The molecule has 1 amide bonds. The molecule has 0 bridgehead atoms. The number of rotatable bonds is 7. The van der Waals surface area contributed by atoms with Crippen molar-refractivity contribution >= 4 is 17.6 Å². The Balaban J connectivity index is 1.41. The third-order valence-electron chi connectivity index (χ3n) is 5.27. The zero-order valence-corrected chi connectivity index (χ0v) is 17.7. The van der Waals surface area contributed by atoms with E-state index in [9.17, 15) is 9.59 Å². The number of esters is 1. The van der Waals surface area contributed by atoms with Crippen molar-refractivity contribution in [3.8, 4) is 11.3 Å². The standard InChI is InChI=1S/C25H23N3O4/c1-31-24(30)25(15-18-8-3-2-4-9-18)16-21(28-32-25)17-27-23(29)20-11-7-10-19(14-20)22-12-5-6-13-26-22/h2-14H,15-17H2,1H3,(H,27,29). The summed E-state index contributed by atoms with van der Waals surface area (Å²) in [5.74, 6) is -0.737. The van der Waals surface area contributed by atoms with Gasteiger partial charge >= 0.3 is 5.97 Å². The summed E-state index contributed by atoms with van der Waals surface area (Å²) in [5.41, 5.74) is 2.43. The summed E-state index contributed by atoms with van der Waals surface area (Å²) in [4.78, 5) is 35.1. The number of nitrogens with one attached hydrogen (secondary N) is 1. The highest BCUT2D eigenvalue weighted by Crippen LogP contribution is 2.29. The largest absolute Gasteiger partial charge is 0.466 e. The van der Waals surface area contributed by atoms with Gasteiger partial charge in [0.05, 0.1) is 25.1 Å². The number of nitrogens with zero attached hydrogens (tertiary/aromatic N) is 2. The molecule has 2 aromatic carbocycles. The van der Waals surface area contributed by atoms with Gasteiger partial charge in [-0.25, -0.2) is 4.79 Å². The molecule has 0 aliphatic carbocycles. The van der Waals surface area contributed by atoms with Crippen molar-refractivity contribution in [1.82, 2.24) is 10.3 Å². The molecule has 0 spiro atoms. The Morgan fingerprint density at radius 3 is 2.62 bits per heavy atom. The lowest BCUT2D eigenvalue weighted by Crippen LogP contribution is -2.43. The highest BCUT2D eigenvalue weighted by molar-refractivity contribution is 6.00. The van der Waals surface area contributed by atoms with Crippen LogP contribution in [0.25, 0.3) is 11.3 Å². The highest BCUT2D eigenvalue weighted by atomic mass is 16.7. The molecule has 7 heteroatoms. The molecule has 0 saturated carbocycles. The number of methoxy groups -OCH3 is 1. The van der Waals surface area contributed by atoms with Crippen molar-refractivity contribution in [2.24, 2.45) is 5.16 Å². The monoisotopic (exact) mass is 429 g/mol. The lowest BCUT2D eigenvalue weighted by atomic mass is 9.89. The van der Waals surface area contributed by atoms with Crippen LogP contribution in [0.1, 0.15) is 22.3 Å². The molecule has 3 aromatic rings. The Morgan fingerprint density at radius 2 is 1.88 bits per heavy atom. The van der Waals surface area contributed by atoms with Crippen LogP contribution in [0.5, 0.6) is 0 Å². The Morgan fingerprint density at radius 1 is 1.06 bits per heavy atom. The van der Waals surface area contributed by atoms with Gasteiger partial charge in [0.1, 0.15) is 0 Å². The van der Waals surface area contributed by atoms with Crippen LogP contribution in [-0.4, -0.2) is 41.8 Å². The van der Waals surface area contributed by atoms with Crippen LogP contribution in [0.2, 0.25) is 0 Å². The first-order valence-electron chi connectivity index (χ1n) is 10.3. The third kappa shape index (κ3) is 4.67. The van der Waals surface area contributed by atoms with Crippen molar-refractivity contribution in [3.05, 3.63) is 90.1 Å². The predicted octanol–water partition coefficient (Wildman–Crippen LogP) is 3.41. The lowest BCUT2D eigenvalue weighted by molar-refractivity contribution is -0.166. The molecular formula is C25H23N3O4. The van der Waals surface area contributed by atoms with Crippen LogP contribution in [0.4, 0.5) is 0 Å². The average molecular weight is 429 g/mol. The fourth-order valence-corrected chi connectivity index (χ4v) is 3.67. The molecular weight excluding hydrogens is 406 g/mol. The molecule has 0 radical (unpaired) electrons. The molecule has 1 atom stereocenters. The van der Waals surface area contributed by atoms with Gasteiger partial charge in [-0.2, -0.15) is 0 Å². The summed E-state index contributed by atoms with van der Waals surface area (Å²) in [6, 6.07) is 22.4. The summed E-state index contributed by atoms with van der Waals surface area (Å²) in [6.45, 7) is 0.167. The second-order valence-electron chi connectivity index (χ2n) is 7.55. The topological polar surface area (TPSA) is 89.9 Å². The van der Waals surface area contributed by atoms with E-state index >= 15 is 0 Å². The van der Waals surface area contributed by atoms with Gasteiger partial charge in [0.2, 0.25) is 5.60 Å². The Kier molecular flexibility index (Phi) is 6.26. The van der Waals surface area contributed by atoms with Gasteiger partial charge in [-0.05, 0) is 29.8 Å². The number of ether oxygens (including phenoxy) is 1. The molecule has 1 aromatic heterocycles. The highest BCUT2D eigenvalue weighted by Gasteiger charge is 2.47. The zero-order valence-electron chi connectivity index (χ0n) is 17.7. The number of carbonyl (C=O) groups excluding carboxylic acids is 2. The Bertz CT molecular complexity index is 1130. The van der Waals surface area contributed by atoms with E-state index in [-0.39, 0.29) is 18.9 Å². The van der Waals surface area contributed by atoms with Gasteiger partial charge in [-0.15, -0.1) is 0 Å². The van der Waals surface area contributed by atoms with Gasteiger partial charge < -0.3 is 14.9 Å². The number of benzene rings is 2. The minimum Gasteiger partial charge on any atom is -0.466 e. The maximum absolute atomic E-state index is 12.7. The van der Waals surface area contributed by atoms with Gasteiger partial charge in [-0.1, -0.05) is 53.7 Å². The van der Waals surface area contributed by atoms with E-state index in [4.69, 9.17) is 9.57 Å². The second-order valence-corrected chi connectivity index (χ2v) is 7.55. The first kappa shape index (κ1) is 21.2. The third-order valence-corrected chi connectivity index (χ3v) is 5.27. The molecule has 162 valence electrons. The first-order valence-corrected chi connectivity index (χ1v) is 10.3. The average Bonchev–Trinajstić information content (AvgIpc) is 3.27. The summed E-state index contributed by atoms with van der Waals surface area (Å²) in [5, 5.41) is 6.93. The summed E-state index contributed by atoms with van der Waals surface area (Å²) in [7, 11) is 1.33. The molecule has 32 heavy (non-hydrogen) atoms. The van der Waals surface area contributed by atoms with E-state index in [0.29, 0.717) is 17.7 Å². The molecule has 1 aliphatic heterocycles. The second kappa shape index (κ2) is 9.43. The number of hydrogen-bond donors (Lipinski definition) is 1. The van der Waals surface area contributed by atoms with Crippen LogP contribution in [0.3, 0.4) is 0 Å². The minimum absolute atomic E-state index is 0.167. The van der Waals surface area contributed by atoms with Crippen LogP contribution >= 0.6 is 0 Å². The normalized spacial score (nSPS) is 17.2. The zero-order chi connectivity index (χ0) is 22.4. The van der Waals surface area contributed by atoms with E-state index in [0.717, 1.165) is 16.8 Å².